The maximum Gasteiger partial charge on any atom is 0.243 e. The van der Waals surface area contributed by atoms with Crippen LogP contribution in [0.3, 0.4) is 0 Å². The molecular weight excluding hydrogens is 226 g/mol. The first-order valence-electron chi connectivity index (χ1n) is 6.38. The number of hydrogen-bond acceptors (Lipinski definition) is 3. The lowest BCUT2D eigenvalue weighted by Gasteiger charge is -2.39. The van der Waals surface area contributed by atoms with E-state index in [0.717, 1.165) is 5.56 Å². The minimum Gasteiger partial charge on any atom is -0.368 e. The number of likely N-dealkylation sites (N-methyl/N-ethyl adjacent to an activating group) is 1. The number of carbonyl (C=O) groups is 1. The minimum absolute atomic E-state index is 0.469. The number of benzene rings is 1. The molecule has 1 atom stereocenters. The Kier molecular flexibility index (Phi) is 3.68. The van der Waals surface area contributed by atoms with E-state index in [4.69, 9.17) is 11.5 Å². The predicted molar refractivity (Wildman–Crippen MR) is 71.8 cm³/mol. The van der Waals surface area contributed by atoms with Crippen molar-refractivity contribution in [1.29, 1.82) is 0 Å². The topological polar surface area (TPSA) is 72.3 Å². The van der Waals surface area contributed by atoms with Crippen LogP contribution in [-0.2, 0) is 10.3 Å². The summed E-state index contributed by atoms with van der Waals surface area (Å²) in [6.45, 7) is 0.469. The molecule has 18 heavy (non-hydrogen) atoms. The Hall–Kier alpha value is -1.39. The number of primary amides is 1. The van der Waals surface area contributed by atoms with E-state index in [1.807, 2.05) is 37.4 Å². The van der Waals surface area contributed by atoms with Crippen LogP contribution in [0.15, 0.2) is 30.3 Å². The largest absolute Gasteiger partial charge is 0.368 e. The summed E-state index contributed by atoms with van der Waals surface area (Å²) in [6.07, 6.45) is 3.62. The normalized spacial score (nSPS) is 19.3. The van der Waals surface area contributed by atoms with Crippen molar-refractivity contribution in [2.45, 2.75) is 30.8 Å². The summed E-state index contributed by atoms with van der Waals surface area (Å²) in [6, 6.07) is 9.92. The van der Waals surface area contributed by atoms with Gasteiger partial charge in [-0.1, -0.05) is 36.8 Å². The molecule has 1 unspecified atom stereocenters. The van der Waals surface area contributed by atoms with Crippen LogP contribution >= 0.6 is 0 Å². The zero-order valence-corrected chi connectivity index (χ0v) is 10.8. The van der Waals surface area contributed by atoms with Gasteiger partial charge in [-0.15, -0.1) is 0 Å². The molecule has 0 heterocycles. The first-order chi connectivity index (χ1) is 8.54. The molecule has 0 spiro atoms. The molecule has 0 aliphatic heterocycles. The molecular formula is C14H21N3O. The molecule has 0 bridgehead atoms. The summed E-state index contributed by atoms with van der Waals surface area (Å²) < 4.78 is 0. The highest BCUT2D eigenvalue weighted by atomic mass is 16.1. The van der Waals surface area contributed by atoms with Crippen molar-refractivity contribution in [1.82, 2.24) is 4.90 Å². The van der Waals surface area contributed by atoms with Gasteiger partial charge in [0.05, 0.1) is 0 Å². The summed E-state index contributed by atoms with van der Waals surface area (Å²) in [5.74, 6) is -0.472. The number of nitrogens with two attached hydrogens (primary N) is 2. The van der Waals surface area contributed by atoms with Crippen molar-refractivity contribution >= 4 is 5.91 Å². The predicted octanol–water partition coefficient (Wildman–Crippen LogP) is 0.810. The number of amides is 1. The van der Waals surface area contributed by atoms with Gasteiger partial charge in [0.1, 0.15) is 5.54 Å². The highest BCUT2D eigenvalue weighted by Gasteiger charge is 2.37. The minimum atomic E-state index is -1.11. The average molecular weight is 247 g/mol. The quantitative estimate of drug-likeness (QED) is 0.808. The Morgan fingerprint density at radius 2 is 2.00 bits per heavy atom. The molecule has 1 aromatic rings. The monoisotopic (exact) mass is 247 g/mol. The molecule has 2 rings (SSSR count). The zero-order valence-electron chi connectivity index (χ0n) is 10.8. The molecule has 1 amide bonds. The van der Waals surface area contributed by atoms with Gasteiger partial charge in [-0.05, 0) is 25.5 Å². The van der Waals surface area contributed by atoms with Crippen molar-refractivity contribution < 1.29 is 4.79 Å². The smallest absolute Gasteiger partial charge is 0.243 e. The van der Waals surface area contributed by atoms with Crippen LogP contribution in [0, 0.1) is 0 Å². The Balaban J connectivity index is 2.18. The molecule has 0 saturated heterocycles. The first-order valence-corrected chi connectivity index (χ1v) is 6.38. The van der Waals surface area contributed by atoms with Gasteiger partial charge in [-0.3, -0.25) is 4.79 Å². The van der Waals surface area contributed by atoms with Crippen molar-refractivity contribution in [2.75, 3.05) is 13.6 Å². The Labute approximate surface area is 108 Å². The van der Waals surface area contributed by atoms with E-state index in [2.05, 4.69) is 4.90 Å². The second-order valence-electron chi connectivity index (χ2n) is 5.20. The Morgan fingerprint density at radius 1 is 1.39 bits per heavy atom. The molecule has 4 nitrogen and oxygen atoms in total. The third-order valence-corrected chi connectivity index (χ3v) is 3.93. The van der Waals surface area contributed by atoms with Crippen LogP contribution in [0.1, 0.15) is 24.8 Å². The van der Waals surface area contributed by atoms with Crippen molar-refractivity contribution in [3.63, 3.8) is 0 Å². The Bertz CT molecular complexity index is 416. The van der Waals surface area contributed by atoms with E-state index < -0.39 is 11.4 Å². The summed E-state index contributed by atoms with van der Waals surface area (Å²) in [5.41, 5.74) is 11.5. The van der Waals surface area contributed by atoms with Crippen LogP contribution in [0.4, 0.5) is 0 Å². The molecule has 1 fully saturated rings. The highest BCUT2D eigenvalue weighted by Crippen LogP contribution is 2.27. The van der Waals surface area contributed by atoms with E-state index in [-0.39, 0.29) is 0 Å². The molecule has 1 aromatic carbocycles. The molecule has 1 saturated carbocycles. The molecule has 0 aromatic heterocycles. The lowest BCUT2D eigenvalue weighted by Crippen LogP contribution is -2.57. The van der Waals surface area contributed by atoms with Crippen LogP contribution in [0.25, 0.3) is 0 Å². The number of nitrogens with zero attached hydrogens (tertiary/aromatic N) is 1. The molecule has 4 heteroatoms. The third kappa shape index (κ3) is 2.40. The second-order valence-corrected chi connectivity index (χ2v) is 5.20. The summed E-state index contributed by atoms with van der Waals surface area (Å²) in [4.78, 5) is 13.9. The van der Waals surface area contributed by atoms with Gasteiger partial charge in [-0.25, -0.2) is 0 Å². The standard InChI is InChI=1S/C14H21N3O/c1-17(12-8-5-9-12)10-14(16,13(15)18)11-6-3-2-4-7-11/h2-4,6-7,12H,5,8-10,16H2,1H3,(H2,15,18). The number of carbonyl (C=O) groups excluding carboxylic acids is 1. The third-order valence-electron chi connectivity index (χ3n) is 3.93. The maximum atomic E-state index is 11.8. The molecule has 4 N–H and O–H groups in total. The first kappa shape index (κ1) is 13.1. The van der Waals surface area contributed by atoms with Gasteiger partial charge in [0, 0.05) is 12.6 Å². The van der Waals surface area contributed by atoms with Crippen molar-refractivity contribution in [2.24, 2.45) is 11.5 Å². The van der Waals surface area contributed by atoms with E-state index in [1.165, 1.54) is 19.3 Å². The molecule has 1 aliphatic rings. The summed E-state index contributed by atoms with van der Waals surface area (Å²) in [5, 5.41) is 0. The van der Waals surface area contributed by atoms with E-state index >= 15 is 0 Å². The molecule has 0 radical (unpaired) electrons. The fourth-order valence-electron chi connectivity index (χ4n) is 2.40. The SMILES string of the molecule is CN(CC(N)(C(N)=O)c1ccccc1)C1CCC1. The van der Waals surface area contributed by atoms with Gasteiger partial charge in [0.2, 0.25) is 5.91 Å². The molecule has 98 valence electrons. The lowest BCUT2D eigenvalue weighted by atomic mass is 9.86. The molecule has 1 aliphatic carbocycles. The van der Waals surface area contributed by atoms with Gasteiger partial charge >= 0.3 is 0 Å². The average Bonchev–Trinajstić information content (AvgIpc) is 2.27. The van der Waals surface area contributed by atoms with Crippen LogP contribution in [0.5, 0.6) is 0 Å². The number of hydrogen-bond donors (Lipinski definition) is 2. The summed E-state index contributed by atoms with van der Waals surface area (Å²) >= 11 is 0. The fraction of sp³-hybridized carbons (Fsp3) is 0.500. The van der Waals surface area contributed by atoms with Gasteiger partial charge in [0.15, 0.2) is 0 Å². The zero-order chi connectivity index (χ0) is 13.2. The van der Waals surface area contributed by atoms with E-state index in [1.54, 1.807) is 0 Å². The second kappa shape index (κ2) is 5.08. The van der Waals surface area contributed by atoms with Gasteiger partial charge in [-0.2, -0.15) is 0 Å². The summed E-state index contributed by atoms with van der Waals surface area (Å²) in [7, 11) is 2.01. The van der Waals surface area contributed by atoms with Gasteiger partial charge in [0.25, 0.3) is 0 Å². The van der Waals surface area contributed by atoms with Gasteiger partial charge < -0.3 is 16.4 Å². The fourth-order valence-corrected chi connectivity index (χ4v) is 2.40. The van der Waals surface area contributed by atoms with Crippen LogP contribution in [-0.4, -0.2) is 30.4 Å². The van der Waals surface area contributed by atoms with Crippen LogP contribution in [0.2, 0.25) is 0 Å². The van der Waals surface area contributed by atoms with Crippen molar-refractivity contribution in [3.8, 4) is 0 Å². The van der Waals surface area contributed by atoms with E-state index in [9.17, 15) is 4.79 Å². The van der Waals surface area contributed by atoms with Crippen molar-refractivity contribution in [3.05, 3.63) is 35.9 Å². The maximum absolute atomic E-state index is 11.8. The highest BCUT2D eigenvalue weighted by molar-refractivity contribution is 5.86. The lowest BCUT2D eigenvalue weighted by molar-refractivity contribution is -0.124. The van der Waals surface area contributed by atoms with E-state index in [0.29, 0.717) is 12.6 Å². The number of rotatable bonds is 5. The van der Waals surface area contributed by atoms with Crippen LogP contribution < -0.4 is 11.5 Å². The Morgan fingerprint density at radius 3 is 2.44 bits per heavy atom.